The van der Waals surface area contributed by atoms with Gasteiger partial charge in [0.2, 0.25) is 5.91 Å². The minimum atomic E-state index is -0.647. The second-order valence-corrected chi connectivity index (χ2v) is 7.82. The maximum atomic E-state index is 13.9. The summed E-state index contributed by atoms with van der Waals surface area (Å²) >= 11 is 0. The summed E-state index contributed by atoms with van der Waals surface area (Å²) in [5, 5.41) is 0. The highest BCUT2D eigenvalue weighted by Crippen LogP contribution is 2.27. The molecule has 0 radical (unpaired) electrons. The summed E-state index contributed by atoms with van der Waals surface area (Å²) in [6.45, 7) is 5.34. The Morgan fingerprint density at radius 2 is 1.81 bits per heavy atom. The van der Waals surface area contributed by atoms with E-state index in [1.54, 1.807) is 39.0 Å². The summed E-state index contributed by atoms with van der Waals surface area (Å²) in [5.74, 6) is -0.458. The normalized spacial score (nSPS) is 17.3. The highest BCUT2D eigenvalue weighted by molar-refractivity contribution is 5.94. The largest absolute Gasteiger partial charge is 0.443 e. The Kier molecular flexibility index (Phi) is 5.31. The maximum Gasteiger partial charge on any atom is 0.417 e. The van der Waals surface area contributed by atoms with Crippen molar-refractivity contribution >= 4 is 12.0 Å². The Morgan fingerprint density at radius 1 is 1.15 bits per heavy atom. The van der Waals surface area contributed by atoms with Gasteiger partial charge in [0.15, 0.2) is 0 Å². The minimum Gasteiger partial charge on any atom is -0.443 e. The molecule has 1 atom stereocenters. The van der Waals surface area contributed by atoms with Crippen LogP contribution in [0.2, 0.25) is 0 Å². The van der Waals surface area contributed by atoms with Crippen molar-refractivity contribution < 1.29 is 18.7 Å². The molecule has 0 bridgehead atoms. The van der Waals surface area contributed by atoms with Crippen LogP contribution in [0.5, 0.6) is 0 Å². The Labute approximate surface area is 158 Å². The van der Waals surface area contributed by atoms with Gasteiger partial charge in [-0.05, 0) is 50.8 Å². The van der Waals surface area contributed by atoms with Crippen LogP contribution < -0.4 is 0 Å². The molecule has 27 heavy (non-hydrogen) atoms. The number of nitrogens with zero attached hydrogens (tertiary/aromatic N) is 1. The average molecular weight is 369 g/mol. The van der Waals surface area contributed by atoms with Crippen molar-refractivity contribution in [2.24, 2.45) is 0 Å². The van der Waals surface area contributed by atoms with E-state index in [1.165, 1.54) is 11.0 Å². The third-order valence-electron chi connectivity index (χ3n) is 4.53. The van der Waals surface area contributed by atoms with Crippen molar-refractivity contribution in [3.63, 3.8) is 0 Å². The van der Waals surface area contributed by atoms with Gasteiger partial charge in [0.1, 0.15) is 11.4 Å². The molecule has 1 saturated heterocycles. The third-order valence-corrected chi connectivity index (χ3v) is 4.53. The molecule has 1 fully saturated rings. The number of carbonyl (C=O) groups excluding carboxylic acids is 2. The van der Waals surface area contributed by atoms with E-state index in [1.807, 2.05) is 24.3 Å². The summed E-state index contributed by atoms with van der Waals surface area (Å²) < 4.78 is 19.3. The zero-order chi connectivity index (χ0) is 19.6. The van der Waals surface area contributed by atoms with Crippen LogP contribution in [-0.4, -0.2) is 28.5 Å². The molecule has 2 amide bonds. The standard InChI is InChI=1S/C22H24FNO3/c1-22(2,3)27-21(26)24-17(12-13-20(24)25)14-15-8-10-16(11-9-15)18-6-4-5-7-19(18)23/h4-11,17H,12-14H2,1-3H3. The van der Waals surface area contributed by atoms with Gasteiger partial charge in [0, 0.05) is 18.0 Å². The highest BCUT2D eigenvalue weighted by Gasteiger charge is 2.38. The first kappa shape index (κ1) is 19.1. The molecule has 0 aliphatic carbocycles. The molecule has 3 rings (SSSR count). The van der Waals surface area contributed by atoms with Crippen LogP contribution in [0.15, 0.2) is 48.5 Å². The van der Waals surface area contributed by atoms with Crippen LogP contribution >= 0.6 is 0 Å². The van der Waals surface area contributed by atoms with Crippen LogP contribution in [0.25, 0.3) is 11.1 Å². The zero-order valence-corrected chi connectivity index (χ0v) is 15.9. The van der Waals surface area contributed by atoms with Gasteiger partial charge in [-0.3, -0.25) is 4.79 Å². The number of rotatable bonds is 3. The molecule has 5 heteroatoms. The number of imide groups is 1. The van der Waals surface area contributed by atoms with Crippen LogP contribution in [0.3, 0.4) is 0 Å². The Balaban J connectivity index is 1.73. The number of benzene rings is 2. The first-order chi connectivity index (χ1) is 12.7. The number of likely N-dealkylation sites (tertiary alicyclic amines) is 1. The molecule has 2 aromatic carbocycles. The van der Waals surface area contributed by atoms with Crippen LogP contribution in [0.4, 0.5) is 9.18 Å². The fourth-order valence-electron chi connectivity index (χ4n) is 3.29. The Morgan fingerprint density at radius 3 is 2.44 bits per heavy atom. The number of hydrogen-bond donors (Lipinski definition) is 0. The smallest absolute Gasteiger partial charge is 0.417 e. The van der Waals surface area contributed by atoms with Crippen molar-refractivity contribution in [3.8, 4) is 11.1 Å². The molecule has 1 unspecified atom stereocenters. The quantitative estimate of drug-likeness (QED) is 0.768. The third kappa shape index (κ3) is 4.54. The van der Waals surface area contributed by atoms with Crippen molar-refractivity contribution in [3.05, 3.63) is 59.9 Å². The van der Waals surface area contributed by atoms with E-state index < -0.39 is 11.7 Å². The fourth-order valence-corrected chi connectivity index (χ4v) is 3.29. The van der Waals surface area contributed by atoms with Crippen molar-refractivity contribution in [2.75, 3.05) is 0 Å². The number of carbonyl (C=O) groups is 2. The molecule has 1 aliphatic heterocycles. The molecule has 1 aliphatic rings. The average Bonchev–Trinajstić information content (AvgIpc) is 2.95. The second-order valence-electron chi connectivity index (χ2n) is 7.82. The van der Waals surface area contributed by atoms with Crippen LogP contribution in [0, 0.1) is 5.82 Å². The SMILES string of the molecule is CC(C)(C)OC(=O)N1C(=O)CCC1Cc1ccc(-c2ccccc2F)cc1. The molecule has 0 N–H and O–H groups in total. The van der Waals surface area contributed by atoms with Gasteiger partial charge >= 0.3 is 6.09 Å². The second kappa shape index (κ2) is 7.51. The van der Waals surface area contributed by atoms with Crippen LogP contribution in [-0.2, 0) is 16.0 Å². The predicted octanol–water partition coefficient (Wildman–Crippen LogP) is 4.96. The molecule has 2 aromatic rings. The Hall–Kier alpha value is -2.69. The van der Waals surface area contributed by atoms with Crippen LogP contribution in [0.1, 0.15) is 39.2 Å². The first-order valence-corrected chi connectivity index (χ1v) is 9.13. The highest BCUT2D eigenvalue weighted by atomic mass is 19.1. The van der Waals surface area contributed by atoms with Gasteiger partial charge < -0.3 is 4.74 Å². The number of amides is 2. The van der Waals surface area contributed by atoms with Gasteiger partial charge in [-0.15, -0.1) is 0 Å². The summed E-state index contributed by atoms with van der Waals surface area (Å²) in [6.07, 6.45) is 0.936. The van der Waals surface area contributed by atoms with Gasteiger partial charge in [-0.1, -0.05) is 42.5 Å². The van der Waals surface area contributed by atoms with Crippen molar-refractivity contribution in [1.29, 1.82) is 0 Å². The van der Waals surface area contributed by atoms with E-state index in [4.69, 9.17) is 4.74 Å². The van der Waals surface area contributed by atoms with E-state index in [9.17, 15) is 14.0 Å². The molecule has 4 nitrogen and oxygen atoms in total. The van der Waals surface area contributed by atoms with E-state index in [2.05, 4.69) is 0 Å². The molecular formula is C22H24FNO3. The van der Waals surface area contributed by atoms with E-state index >= 15 is 0 Å². The molecule has 142 valence electrons. The van der Waals surface area contributed by atoms with Gasteiger partial charge in [-0.2, -0.15) is 0 Å². The zero-order valence-electron chi connectivity index (χ0n) is 15.9. The van der Waals surface area contributed by atoms with Gasteiger partial charge in [0.25, 0.3) is 0 Å². The van der Waals surface area contributed by atoms with Crippen molar-refractivity contribution in [1.82, 2.24) is 4.90 Å². The van der Waals surface area contributed by atoms with E-state index in [-0.39, 0.29) is 17.8 Å². The lowest BCUT2D eigenvalue weighted by Gasteiger charge is -2.27. The molecule has 1 heterocycles. The lowest BCUT2D eigenvalue weighted by atomic mass is 9.99. The van der Waals surface area contributed by atoms with E-state index in [0.29, 0.717) is 24.8 Å². The minimum absolute atomic E-state index is 0.197. The molecular weight excluding hydrogens is 345 g/mol. The fraction of sp³-hybridized carbons (Fsp3) is 0.364. The molecule has 0 saturated carbocycles. The summed E-state index contributed by atoms with van der Waals surface area (Å²) in [6, 6.07) is 14.0. The summed E-state index contributed by atoms with van der Waals surface area (Å²) in [4.78, 5) is 25.8. The lowest BCUT2D eigenvalue weighted by molar-refractivity contribution is -0.128. The maximum absolute atomic E-state index is 13.9. The molecule has 0 aromatic heterocycles. The van der Waals surface area contributed by atoms with Crippen molar-refractivity contribution in [2.45, 2.75) is 51.7 Å². The van der Waals surface area contributed by atoms with Gasteiger partial charge in [-0.25, -0.2) is 14.1 Å². The molecule has 0 spiro atoms. The summed E-state index contributed by atoms with van der Waals surface area (Å²) in [5.41, 5.74) is 1.69. The summed E-state index contributed by atoms with van der Waals surface area (Å²) in [7, 11) is 0. The Bertz CT molecular complexity index is 839. The number of hydrogen-bond acceptors (Lipinski definition) is 3. The monoisotopic (exact) mass is 369 g/mol. The first-order valence-electron chi connectivity index (χ1n) is 9.13. The van der Waals surface area contributed by atoms with E-state index in [0.717, 1.165) is 11.1 Å². The van der Waals surface area contributed by atoms with Gasteiger partial charge in [0.05, 0.1) is 0 Å². The lowest BCUT2D eigenvalue weighted by Crippen LogP contribution is -2.43. The number of halogens is 1. The number of ether oxygens (including phenoxy) is 1. The topological polar surface area (TPSA) is 46.6 Å². The predicted molar refractivity (Wildman–Crippen MR) is 102 cm³/mol.